The normalized spacial score (nSPS) is 14.0. The van der Waals surface area contributed by atoms with Crippen molar-refractivity contribution < 1.29 is 4.74 Å². The molecule has 0 aromatic heterocycles. The molecule has 1 radical (unpaired) electrons. The molecule has 0 unspecified atom stereocenters. The van der Waals surface area contributed by atoms with Crippen LogP contribution in [0.15, 0.2) is 46.9 Å². The Bertz CT molecular complexity index is 666. The van der Waals surface area contributed by atoms with Gasteiger partial charge in [0, 0.05) is 11.0 Å². The highest BCUT2D eigenvalue weighted by atomic mass is 79.9. The molecule has 26 heavy (non-hydrogen) atoms. The quantitative estimate of drug-likeness (QED) is 0.406. The van der Waals surface area contributed by atoms with E-state index in [1.54, 1.807) is 0 Å². The van der Waals surface area contributed by atoms with Crippen LogP contribution in [0.25, 0.3) is 11.1 Å². The first-order valence-electron chi connectivity index (χ1n) is 9.80. The average Bonchev–Trinajstić information content (AvgIpc) is 3.46. The minimum absolute atomic E-state index is 0.793. The fourth-order valence-corrected chi connectivity index (χ4v) is 3.46. The minimum Gasteiger partial charge on any atom is -0.494 e. The van der Waals surface area contributed by atoms with E-state index in [-0.39, 0.29) is 0 Å². The molecule has 0 N–H and O–H groups in total. The van der Waals surface area contributed by atoms with Crippen LogP contribution in [0.5, 0.6) is 5.75 Å². The molecule has 139 valence electrons. The molecule has 0 spiro atoms. The molecule has 0 bridgehead atoms. The van der Waals surface area contributed by atoms with E-state index in [2.05, 4.69) is 64.3 Å². The summed E-state index contributed by atoms with van der Waals surface area (Å²) >= 11 is 3.48. The van der Waals surface area contributed by atoms with Gasteiger partial charge in [-0.1, -0.05) is 47.0 Å². The Morgan fingerprint density at radius 3 is 2.62 bits per heavy atom. The third-order valence-corrected chi connectivity index (χ3v) is 5.43. The Hall–Kier alpha value is -1.32. The van der Waals surface area contributed by atoms with Crippen molar-refractivity contribution in [2.45, 2.75) is 38.5 Å². The molecule has 1 saturated carbocycles. The zero-order chi connectivity index (χ0) is 18.2. The van der Waals surface area contributed by atoms with Crippen LogP contribution in [-0.4, -0.2) is 31.6 Å². The number of hydrogen-bond acceptors (Lipinski definition) is 2. The van der Waals surface area contributed by atoms with Gasteiger partial charge in [0.25, 0.3) is 0 Å². The van der Waals surface area contributed by atoms with Crippen LogP contribution >= 0.6 is 15.9 Å². The maximum atomic E-state index is 5.94. The standard InChI is InChI=1S/C23H29BrNO/c1-25(18-19-9-10-19)15-4-2-3-5-16-26-23-8-6-7-21(17-23)20-11-13-22(24)14-12-20/h6,8,11-14,17,19H,2-5,9-10,15-16,18H2,1H3. The van der Waals surface area contributed by atoms with Gasteiger partial charge in [0.2, 0.25) is 0 Å². The van der Waals surface area contributed by atoms with Gasteiger partial charge in [-0.25, -0.2) is 0 Å². The van der Waals surface area contributed by atoms with Crippen LogP contribution in [0.2, 0.25) is 0 Å². The molecule has 0 aliphatic heterocycles. The molecule has 2 nitrogen and oxygen atoms in total. The van der Waals surface area contributed by atoms with Gasteiger partial charge in [-0.2, -0.15) is 0 Å². The molecule has 3 rings (SSSR count). The van der Waals surface area contributed by atoms with E-state index < -0.39 is 0 Å². The minimum atomic E-state index is 0.793. The highest BCUT2D eigenvalue weighted by Gasteiger charge is 2.22. The summed E-state index contributed by atoms with van der Waals surface area (Å²) in [4.78, 5) is 2.50. The monoisotopic (exact) mass is 414 g/mol. The largest absolute Gasteiger partial charge is 0.494 e. The summed E-state index contributed by atoms with van der Waals surface area (Å²) in [6.45, 7) is 3.33. The van der Waals surface area contributed by atoms with Crippen molar-refractivity contribution in [3.63, 3.8) is 0 Å². The number of hydrogen-bond donors (Lipinski definition) is 0. The fourth-order valence-electron chi connectivity index (χ4n) is 3.19. The van der Waals surface area contributed by atoms with E-state index in [1.807, 2.05) is 12.1 Å². The van der Waals surface area contributed by atoms with Crippen molar-refractivity contribution in [1.29, 1.82) is 0 Å². The summed E-state index contributed by atoms with van der Waals surface area (Å²) in [6, 6.07) is 17.6. The lowest BCUT2D eigenvalue weighted by molar-refractivity contribution is 0.293. The van der Waals surface area contributed by atoms with Gasteiger partial charge >= 0.3 is 0 Å². The summed E-state index contributed by atoms with van der Waals surface area (Å²) in [6.07, 6.45) is 7.86. The lowest BCUT2D eigenvalue weighted by atomic mass is 10.1. The predicted octanol–water partition coefficient (Wildman–Crippen LogP) is 6.20. The van der Waals surface area contributed by atoms with Gasteiger partial charge in [-0.05, 0) is 86.7 Å². The first-order chi connectivity index (χ1) is 12.7. The van der Waals surface area contributed by atoms with Gasteiger partial charge in [-0.3, -0.25) is 0 Å². The van der Waals surface area contributed by atoms with Crippen LogP contribution in [0.4, 0.5) is 0 Å². The molecule has 1 aliphatic rings. The summed E-state index contributed by atoms with van der Waals surface area (Å²) in [7, 11) is 2.26. The number of benzene rings is 2. The fraction of sp³-hybridized carbons (Fsp3) is 0.478. The molecular weight excluding hydrogens is 386 g/mol. The molecule has 2 aromatic carbocycles. The van der Waals surface area contributed by atoms with Gasteiger partial charge in [0.1, 0.15) is 5.75 Å². The topological polar surface area (TPSA) is 12.5 Å². The smallest absolute Gasteiger partial charge is 0.119 e. The van der Waals surface area contributed by atoms with E-state index >= 15 is 0 Å². The van der Waals surface area contributed by atoms with Crippen molar-refractivity contribution in [2.24, 2.45) is 5.92 Å². The SMILES string of the molecule is CN(CCCCCCOc1cc[c]c(-c2ccc(Br)cc2)c1)CC1CC1. The zero-order valence-electron chi connectivity index (χ0n) is 15.7. The third kappa shape index (κ3) is 6.77. The van der Waals surface area contributed by atoms with Crippen molar-refractivity contribution in [3.05, 3.63) is 53.0 Å². The first kappa shape index (κ1) is 19.4. The molecule has 2 aromatic rings. The van der Waals surface area contributed by atoms with E-state index in [4.69, 9.17) is 4.74 Å². The van der Waals surface area contributed by atoms with Crippen molar-refractivity contribution >= 4 is 15.9 Å². The summed E-state index contributed by atoms with van der Waals surface area (Å²) in [5, 5.41) is 0. The van der Waals surface area contributed by atoms with Crippen LogP contribution in [-0.2, 0) is 0 Å². The Morgan fingerprint density at radius 2 is 1.85 bits per heavy atom. The predicted molar refractivity (Wildman–Crippen MR) is 113 cm³/mol. The van der Waals surface area contributed by atoms with Crippen molar-refractivity contribution in [2.75, 3.05) is 26.7 Å². The highest BCUT2D eigenvalue weighted by molar-refractivity contribution is 9.10. The molecule has 0 heterocycles. The van der Waals surface area contributed by atoms with E-state index in [0.717, 1.165) is 40.3 Å². The number of ether oxygens (including phenoxy) is 1. The third-order valence-electron chi connectivity index (χ3n) is 4.90. The van der Waals surface area contributed by atoms with E-state index in [1.165, 1.54) is 45.2 Å². The molecule has 0 saturated heterocycles. The Morgan fingerprint density at radius 1 is 1.08 bits per heavy atom. The number of halogens is 1. The highest BCUT2D eigenvalue weighted by Crippen LogP contribution is 2.29. The molecular formula is C23H29BrNO. The molecule has 1 aliphatic carbocycles. The Labute approximate surface area is 166 Å². The average molecular weight is 415 g/mol. The van der Waals surface area contributed by atoms with Crippen molar-refractivity contribution in [1.82, 2.24) is 4.90 Å². The van der Waals surface area contributed by atoms with Crippen LogP contribution in [0.1, 0.15) is 38.5 Å². The van der Waals surface area contributed by atoms with Gasteiger partial charge in [-0.15, -0.1) is 0 Å². The maximum Gasteiger partial charge on any atom is 0.119 e. The second-order valence-electron chi connectivity index (χ2n) is 7.41. The molecule has 3 heteroatoms. The van der Waals surface area contributed by atoms with E-state index in [9.17, 15) is 0 Å². The first-order valence-corrected chi connectivity index (χ1v) is 10.6. The Balaban J connectivity index is 1.32. The summed E-state index contributed by atoms with van der Waals surface area (Å²) in [5.74, 6) is 1.93. The lowest BCUT2D eigenvalue weighted by Crippen LogP contribution is -2.22. The number of rotatable bonds is 11. The second-order valence-corrected chi connectivity index (χ2v) is 8.33. The summed E-state index contributed by atoms with van der Waals surface area (Å²) in [5.41, 5.74) is 2.24. The lowest BCUT2D eigenvalue weighted by Gasteiger charge is -2.15. The van der Waals surface area contributed by atoms with E-state index in [0.29, 0.717) is 0 Å². The maximum absolute atomic E-state index is 5.94. The second kappa shape index (κ2) is 10.1. The molecule has 1 fully saturated rings. The van der Waals surface area contributed by atoms with Gasteiger partial charge < -0.3 is 9.64 Å². The van der Waals surface area contributed by atoms with Crippen LogP contribution in [0.3, 0.4) is 0 Å². The molecule has 0 amide bonds. The number of nitrogens with zero attached hydrogens (tertiary/aromatic N) is 1. The zero-order valence-corrected chi connectivity index (χ0v) is 17.3. The van der Waals surface area contributed by atoms with Crippen LogP contribution in [0, 0.1) is 12.0 Å². The molecule has 0 atom stereocenters. The van der Waals surface area contributed by atoms with Gasteiger partial charge in [0.15, 0.2) is 0 Å². The number of unbranched alkanes of at least 4 members (excludes halogenated alkanes) is 3. The van der Waals surface area contributed by atoms with Gasteiger partial charge in [0.05, 0.1) is 6.61 Å². The van der Waals surface area contributed by atoms with Crippen LogP contribution < -0.4 is 4.74 Å². The van der Waals surface area contributed by atoms with Crippen molar-refractivity contribution in [3.8, 4) is 16.9 Å². The Kier molecular flexibility index (Phi) is 7.57. The summed E-state index contributed by atoms with van der Waals surface area (Å²) < 4.78 is 7.03.